The van der Waals surface area contributed by atoms with Crippen molar-refractivity contribution in [1.29, 1.82) is 0 Å². The van der Waals surface area contributed by atoms with E-state index in [0.717, 1.165) is 58.7 Å². The third-order valence-electron chi connectivity index (χ3n) is 8.37. The number of carbonyl (C=O) groups is 1. The Morgan fingerprint density at radius 1 is 0.852 bits per heavy atom. The van der Waals surface area contributed by atoms with E-state index in [-0.39, 0.29) is 16.5 Å². The molecule has 0 aromatic heterocycles. The lowest BCUT2D eigenvalue weighted by Crippen LogP contribution is -2.84. The molecule has 0 amide bonds. The van der Waals surface area contributed by atoms with Crippen LogP contribution in [0, 0.1) is 10.8 Å². The largest absolute Gasteiger partial charge is 0.299 e. The summed E-state index contributed by atoms with van der Waals surface area (Å²) in [6.45, 7) is 11.8. The predicted molar refractivity (Wildman–Crippen MR) is 107 cm³/mol. The van der Waals surface area contributed by atoms with Crippen molar-refractivity contribution in [2.24, 2.45) is 10.8 Å². The molecule has 4 nitrogen and oxygen atoms in total. The lowest BCUT2D eigenvalue weighted by atomic mass is 9.56. The quantitative estimate of drug-likeness (QED) is 0.817. The molecule has 5 aliphatic rings. The zero-order chi connectivity index (χ0) is 18.7. The van der Waals surface area contributed by atoms with E-state index in [0.29, 0.717) is 5.78 Å². The average Bonchev–Trinajstić information content (AvgIpc) is 2.70. The summed E-state index contributed by atoms with van der Waals surface area (Å²) in [7, 11) is 0. The molecule has 0 aliphatic carbocycles. The van der Waals surface area contributed by atoms with Crippen LogP contribution in [0.4, 0.5) is 0 Å². The third-order valence-corrected chi connectivity index (χ3v) is 8.37. The maximum Gasteiger partial charge on any atom is 0.150 e. The first-order valence-electron chi connectivity index (χ1n) is 10.9. The molecule has 146 valence electrons. The number of hydrogen-bond acceptors (Lipinski definition) is 4. The monoisotopic (exact) mass is 367 g/mol. The average molecular weight is 368 g/mol. The Morgan fingerprint density at radius 2 is 1.37 bits per heavy atom. The van der Waals surface area contributed by atoms with Crippen molar-refractivity contribution in [3.05, 3.63) is 35.9 Å². The van der Waals surface area contributed by atoms with Crippen LogP contribution in [0.25, 0.3) is 0 Å². The van der Waals surface area contributed by atoms with Crippen LogP contribution in [0.5, 0.6) is 0 Å². The molecule has 4 heteroatoms. The molecular weight excluding hydrogens is 334 g/mol. The summed E-state index contributed by atoms with van der Waals surface area (Å²) in [5.74, 6) is 0.587. The van der Waals surface area contributed by atoms with Gasteiger partial charge in [-0.15, -0.1) is 0 Å². The molecule has 4 bridgehead atoms. The smallest absolute Gasteiger partial charge is 0.150 e. The lowest BCUT2D eigenvalue weighted by molar-refractivity contribution is -0.247. The van der Waals surface area contributed by atoms with E-state index in [1.54, 1.807) is 0 Å². The second-order valence-electron chi connectivity index (χ2n) is 9.55. The van der Waals surface area contributed by atoms with Crippen LogP contribution >= 0.6 is 0 Å². The van der Waals surface area contributed by atoms with Crippen LogP contribution in [0.1, 0.15) is 45.1 Å². The highest BCUT2D eigenvalue weighted by Gasteiger charge is 2.68. The highest BCUT2D eigenvalue weighted by atomic mass is 16.1. The van der Waals surface area contributed by atoms with Crippen molar-refractivity contribution in [2.45, 2.75) is 51.7 Å². The predicted octanol–water partition coefficient (Wildman–Crippen LogP) is 2.99. The van der Waals surface area contributed by atoms with Crippen LogP contribution in [0.3, 0.4) is 0 Å². The van der Waals surface area contributed by atoms with Gasteiger partial charge >= 0.3 is 0 Å². The standard InChI is InChI=1S/C23H33N3O/c1-3-21-15-25-17-22(4-2,20(21)27)18-26(16-21)23(25)10-12-24(13-11-23)14-19-8-6-5-7-9-19/h5-9H,3-4,10-18H2,1-2H3. The van der Waals surface area contributed by atoms with Gasteiger partial charge in [-0.2, -0.15) is 0 Å². The van der Waals surface area contributed by atoms with E-state index in [9.17, 15) is 4.79 Å². The minimum atomic E-state index is -0.0983. The Morgan fingerprint density at radius 3 is 1.85 bits per heavy atom. The van der Waals surface area contributed by atoms with E-state index >= 15 is 0 Å². The number of likely N-dealkylation sites (tertiary alicyclic amines) is 1. The summed E-state index contributed by atoms with van der Waals surface area (Å²) in [5, 5.41) is 0. The third kappa shape index (κ3) is 2.43. The highest BCUT2D eigenvalue weighted by molar-refractivity contribution is 5.93. The van der Waals surface area contributed by atoms with Gasteiger partial charge < -0.3 is 0 Å². The molecule has 1 aromatic carbocycles. The lowest BCUT2D eigenvalue weighted by Gasteiger charge is -2.72. The van der Waals surface area contributed by atoms with Crippen molar-refractivity contribution in [1.82, 2.24) is 14.7 Å². The van der Waals surface area contributed by atoms with E-state index in [1.807, 2.05) is 0 Å². The van der Waals surface area contributed by atoms with E-state index in [2.05, 4.69) is 58.9 Å². The molecule has 5 heterocycles. The second-order valence-corrected chi connectivity index (χ2v) is 9.55. The molecule has 5 fully saturated rings. The van der Waals surface area contributed by atoms with Gasteiger partial charge in [0, 0.05) is 45.8 Å². The number of nitrogens with zero attached hydrogens (tertiary/aromatic N) is 3. The van der Waals surface area contributed by atoms with Gasteiger partial charge in [0.05, 0.1) is 16.5 Å². The molecule has 0 atom stereocenters. The van der Waals surface area contributed by atoms with Crippen LogP contribution in [0.2, 0.25) is 0 Å². The summed E-state index contributed by atoms with van der Waals surface area (Å²) >= 11 is 0. The van der Waals surface area contributed by atoms with Gasteiger partial charge in [0.2, 0.25) is 0 Å². The maximum absolute atomic E-state index is 13.3. The maximum atomic E-state index is 13.3. The number of piperidine rings is 3. The van der Waals surface area contributed by atoms with Gasteiger partial charge in [0.15, 0.2) is 0 Å². The number of hydrogen-bond donors (Lipinski definition) is 0. The Bertz CT molecular complexity index is 678. The van der Waals surface area contributed by atoms with Gasteiger partial charge in [-0.05, 0) is 31.2 Å². The van der Waals surface area contributed by atoms with Gasteiger partial charge in [-0.1, -0.05) is 44.2 Å². The van der Waals surface area contributed by atoms with Gasteiger partial charge in [-0.3, -0.25) is 19.5 Å². The first-order chi connectivity index (χ1) is 13.1. The zero-order valence-electron chi connectivity index (χ0n) is 16.9. The summed E-state index contributed by atoms with van der Waals surface area (Å²) in [6, 6.07) is 10.9. The van der Waals surface area contributed by atoms with Crippen LogP contribution < -0.4 is 0 Å². The number of benzene rings is 1. The van der Waals surface area contributed by atoms with Crippen LogP contribution in [-0.4, -0.2) is 65.4 Å². The topological polar surface area (TPSA) is 26.8 Å². The molecular formula is C23H33N3O. The molecule has 0 saturated carbocycles. The van der Waals surface area contributed by atoms with E-state index in [4.69, 9.17) is 0 Å². The molecule has 1 aromatic rings. The Kier molecular flexibility index (Phi) is 4.05. The SMILES string of the molecule is CCC12CN3CC(CC)(CN(C1)C31CCN(Cc3ccccc3)CC1)C2=O. The van der Waals surface area contributed by atoms with E-state index in [1.165, 1.54) is 18.4 Å². The molecule has 0 N–H and O–H groups in total. The molecule has 0 radical (unpaired) electrons. The zero-order valence-corrected chi connectivity index (χ0v) is 16.9. The molecule has 27 heavy (non-hydrogen) atoms. The number of rotatable bonds is 4. The van der Waals surface area contributed by atoms with Crippen molar-refractivity contribution in [3.63, 3.8) is 0 Å². The van der Waals surface area contributed by atoms with Crippen molar-refractivity contribution in [3.8, 4) is 0 Å². The Hall–Kier alpha value is -1.23. The fourth-order valence-corrected chi connectivity index (χ4v) is 6.62. The van der Waals surface area contributed by atoms with Crippen LogP contribution in [0.15, 0.2) is 30.3 Å². The summed E-state index contributed by atoms with van der Waals surface area (Å²) in [6.07, 6.45) is 4.43. The first kappa shape index (κ1) is 17.8. The molecule has 1 spiro atoms. The molecule has 5 saturated heterocycles. The molecule has 6 rings (SSSR count). The fraction of sp³-hybridized carbons (Fsp3) is 0.696. The number of ketones is 1. The summed E-state index contributed by atoms with van der Waals surface area (Å²) < 4.78 is 0. The van der Waals surface area contributed by atoms with Gasteiger partial charge in [-0.25, -0.2) is 0 Å². The van der Waals surface area contributed by atoms with Crippen LogP contribution in [-0.2, 0) is 11.3 Å². The molecule has 0 unspecified atom stereocenters. The minimum Gasteiger partial charge on any atom is -0.299 e. The Labute approximate surface area is 163 Å². The van der Waals surface area contributed by atoms with Gasteiger partial charge in [0.25, 0.3) is 0 Å². The summed E-state index contributed by atoms with van der Waals surface area (Å²) in [4.78, 5) is 21.4. The van der Waals surface area contributed by atoms with E-state index < -0.39 is 0 Å². The molecule has 5 aliphatic heterocycles. The highest BCUT2D eigenvalue weighted by Crippen LogP contribution is 2.56. The normalized spacial score (nSPS) is 40.0. The van der Waals surface area contributed by atoms with Crippen molar-refractivity contribution in [2.75, 3.05) is 39.3 Å². The summed E-state index contributed by atoms with van der Waals surface area (Å²) in [5.41, 5.74) is 1.43. The second kappa shape index (κ2) is 6.13. The van der Waals surface area contributed by atoms with Crippen molar-refractivity contribution < 1.29 is 4.79 Å². The number of Topliss-reactive ketones (excluding diaryl/α,β-unsaturated/α-hetero) is 1. The fourth-order valence-electron chi connectivity index (χ4n) is 6.62. The number of carbonyl (C=O) groups excluding carboxylic acids is 1. The van der Waals surface area contributed by atoms with Crippen molar-refractivity contribution >= 4 is 5.78 Å². The Balaban J connectivity index is 1.35. The van der Waals surface area contributed by atoms with Gasteiger partial charge in [0.1, 0.15) is 5.78 Å². The first-order valence-corrected chi connectivity index (χ1v) is 10.9. The minimum absolute atomic E-state index is 0.0983.